The second-order valence-electron chi connectivity index (χ2n) is 9.18. The summed E-state index contributed by atoms with van der Waals surface area (Å²) >= 11 is 6.01. The van der Waals surface area contributed by atoms with Gasteiger partial charge in [-0.25, -0.2) is 4.98 Å². The van der Waals surface area contributed by atoms with Crippen molar-refractivity contribution in [2.24, 2.45) is 0 Å². The number of aromatic amines is 1. The molecule has 0 saturated carbocycles. The Balaban J connectivity index is 1.25. The summed E-state index contributed by atoms with van der Waals surface area (Å²) < 4.78 is 0. The van der Waals surface area contributed by atoms with Gasteiger partial charge in [-0.1, -0.05) is 72.3 Å². The molecule has 1 atom stereocenters. The molecule has 0 spiro atoms. The molecule has 35 heavy (non-hydrogen) atoms. The maximum Gasteiger partial charge on any atom is 0.137 e. The Labute approximate surface area is 212 Å². The molecular weight excluding hydrogens is 456 g/mol. The summed E-state index contributed by atoms with van der Waals surface area (Å²) in [7, 11) is 0. The third-order valence-electron chi connectivity index (χ3n) is 6.79. The minimum Gasteiger partial charge on any atom is -0.385 e. The molecule has 0 radical (unpaired) electrons. The molecule has 1 aromatic heterocycles. The number of aliphatic hydroxyl groups excluding tert-OH is 1. The average Bonchev–Trinajstić information content (AvgIpc) is 3.29. The van der Waals surface area contributed by atoms with Gasteiger partial charge in [0, 0.05) is 49.0 Å². The summed E-state index contributed by atoms with van der Waals surface area (Å²) in [5.74, 6) is 0.756. The highest BCUT2D eigenvalue weighted by Gasteiger charge is 2.28. The number of aromatic nitrogens is 2. The topological polar surface area (TPSA) is 55.4 Å². The van der Waals surface area contributed by atoms with Crippen molar-refractivity contribution >= 4 is 11.6 Å². The van der Waals surface area contributed by atoms with E-state index in [1.165, 1.54) is 11.1 Å². The molecule has 2 heterocycles. The summed E-state index contributed by atoms with van der Waals surface area (Å²) in [5.41, 5.74) is 5.19. The monoisotopic (exact) mass is 486 g/mol. The Morgan fingerprint density at radius 1 is 0.857 bits per heavy atom. The molecule has 2 N–H and O–H groups in total. The van der Waals surface area contributed by atoms with Gasteiger partial charge >= 0.3 is 0 Å². The van der Waals surface area contributed by atoms with Gasteiger partial charge < -0.3 is 10.1 Å². The van der Waals surface area contributed by atoms with Crippen LogP contribution in [0.1, 0.15) is 34.7 Å². The van der Waals surface area contributed by atoms with Crippen molar-refractivity contribution in [3.05, 3.63) is 112 Å². The first-order chi connectivity index (χ1) is 17.1. The molecule has 4 aromatic rings. The van der Waals surface area contributed by atoms with Crippen LogP contribution in [0.4, 0.5) is 0 Å². The molecule has 0 bridgehead atoms. The largest absolute Gasteiger partial charge is 0.385 e. The zero-order chi connectivity index (χ0) is 24.2. The molecule has 6 heteroatoms. The Kier molecular flexibility index (Phi) is 7.30. The number of imidazole rings is 1. The van der Waals surface area contributed by atoms with E-state index < -0.39 is 6.10 Å². The van der Waals surface area contributed by atoms with E-state index >= 15 is 0 Å². The van der Waals surface area contributed by atoms with E-state index in [9.17, 15) is 5.11 Å². The Morgan fingerprint density at radius 3 is 2.00 bits per heavy atom. The number of aliphatic hydroxyl groups is 1. The van der Waals surface area contributed by atoms with Gasteiger partial charge in [-0.05, 0) is 42.3 Å². The lowest BCUT2D eigenvalue weighted by molar-refractivity contribution is 0.0606. The van der Waals surface area contributed by atoms with Crippen molar-refractivity contribution in [3.8, 4) is 11.4 Å². The van der Waals surface area contributed by atoms with Gasteiger partial charge in [0.25, 0.3) is 0 Å². The van der Waals surface area contributed by atoms with E-state index in [1.54, 1.807) is 0 Å². The van der Waals surface area contributed by atoms with E-state index in [-0.39, 0.29) is 6.04 Å². The Hall–Kier alpha value is -2.96. The number of rotatable bonds is 7. The fourth-order valence-electron chi connectivity index (χ4n) is 4.96. The predicted octanol–water partition coefficient (Wildman–Crippen LogP) is 5.48. The predicted molar refractivity (Wildman–Crippen MR) is 141 cm³/mol. The summed E-state index contributed by atoms with van der Waals surface area (Å²) in [5, 5.41) is 11.7. The third kappa shape index (κ3) is 5.49. The van der Waals surface area contributed by atoms with E-state index in [2.05, 4.69) is 75.4 Å². The SMILES string of the molecule is Cc1[nH]c(-c2ccc(Cl)cc2)nc1C(O)CN1CCN(C(c2ccccc2)c2ccccc2)CC1. The molecule has 0 amide bonds. The average molecular weight is 487 g/mol. The molecule has 1 unspecified atom stereocenters. The number of hydrogen-bond donors (Lipinski definition) is 2. The van der Waals surface area contributed by atoms with Crippen LogP contribution in [-0.4, -0.2) is 57.6 Å². The zero-order valence-corrected chi connectivity index (χ0v) is 20.7. The lowest BCUT2D eigenvalue weighted by atomic mass is 9.96. The normalized spacial score (nSPS) is 16.0. The standard InChI is InChI=1S/C29H31ClN4O/c1-21-27(32-29(31-21)24-12-14-25(30)15-13-24)26(35)20-33-16-18-34(19-17-33)28(22-8-4-2-5-9-22)23-10-6-3-7-11-23/h2-15,26,28,35H,16-20H2,1H3,(H,31,32). The lowest BCUT2D eigenvalue weighted by Gasteiger charge is -2.40. The van der Waals surface area contributed by atoms with E-state index in [0.717, 1.165) is 43.3 Å². The first kappa shape index (κ1) is 23.8. The first-order valence-electron chi connectivity index (χ1n) is 12.2. The maximum atomic E-state index is 11.0. The van der Waals surface area contributed by atoms with Crippen LogP contribution in [0.2, 0.25) is 5.02 Å². The number of nitrogens with one attached hydrogen (secondary N) is 1. The van der Waals surface area contributed by atoms with Gasteiger partial charge in [0.15, 0.2) is 0 Å². The molecule has 1 aliphatic rings. The van der Waals surface area contributed by atoms with Gasteiger partial charge in [-0.3, -0.25) is 9.80 Å². The smallest absolute Gasteiger partial charge is 0.137 e. The number of nitrogens with zero attached hydrogens (tertiary/aromatic N) is 3. The van der Waals surface area contributed by atoms with Crippen LogP contribution in [0, 0.1) is 6.92 Å². The van der Waals surface area contributed by atoms with Crippen LogP contribution in [-0.2, 0) is 0 Å². The van der Waals surface area contributed by atoms with Crippen LogP contribution in [0.15, 0.2) is 84.9 Å². The number of aryl methyl sites for hydroxylation is 1. The van der Waals surface area contributed by atoms with E-state index in [1.807, 2.05) is 31.2 Å². The van der Waals surface area contributed by atoms with Crippen molar-refractivity contribution in [3.63, 3.8) is 0 Å². The maximum absolute atomic E-state index is 11.0. The molecular formula is C29H31ClN4O. The summed E-state index contributed by atoms with van der Waals surface area (Å²) in [4.78, 5) is 12.9. The van der Waals surface area contributed by atoms with Gasteiger partial charge in [-0.15, -0.1) is 0 Å². The molecule has 5 rings (SSSR count). The van der Waals surface area contributed by atoms with Crippen molar-refractivity contribution in [2.75, 3.05) is 32.7 Å². The fourth-order valence-corrected chi connectivity index (χ4v) is 5.09. The fraction of sp³-hybridized carbons (Fsp3) is 0.276. The summed E-state index contributed by atoms with van der Waals surface area (Å²) in [6.45, 7) is 6.23. The first-order valence-corrected chi connectivity index (χ1v) is 12.5. The van der Waals surface area contributed by atoms with E-state index in [0.29, 0.717) is 17.3 Å². The van der Waals surface area contributed by atoms with Crippen molar-refractivity contribution in [1.82, 2.24) is 19.8 Å². The second-order valence-corrected chi connectivity index (χ2v) is 9.62. The van der Waals surface area contributed by atoms with Gasteiger partial charge in [0.05, 0.1) is 11.7 Å². The van der Waals surface area contributed by atoms with Gasteiger partial charge in [-0.2, -0.15) is 0 Å². The molecule has 3 aromatic carbocycles. The molecule has 180 valence electrons. The summed E-state index contributed by atoms with van der Waals surface area (Å²) in [6.07, 6.45) is -0.641. The van der Waals surface area contributed by atoms with Crippen LogP contribution in [0.5, 0.6) is 0 Å². The zero-order valence-electron chi connectivity index (χ0n) is 19.9. The highest BCUT2D eigenvalue weighted by Crippen LogP contribution is 2.30. The van der Waals surface area contributed by atoms with Crippen molar-refractivity contribution < 1.29 is 5.11 Å². The van der Waals surface area contributed by atoms with Crippen LogP contribution >= 0.6 is 11.6 Å². The van der Waals surface area contributed by atoms with Crippen LogP contribution in [0.3, 0.4) is 0 Å². The number of H-pyrrole nitrogens is 1. The van der Waals surface area contributed by atoms with Gasteiger partial charge in [0.2, 0.25) is 0 Å². The number of β-amino-alcohol motifs (C(OH)–C–C–N with tert-alkyl or cyclic N) is 1. The van der Waals surface area contributed by atoms with Crippen molar-refractivity contribution in [1.29, 1.82) is 0 Å². The summed E-state index contributed by atoms with van der Waals surface area (Å²) in [6, 6.07) is 29.3. The van der Waals surface area contributed by atoms with Crippen LogP contribution in [0.25, 0.3) is 11.4 Å². The minimum absolute atomic E-state index is 0.236. The highest BCUT2D eigenvalue weighted by atomic mass is 35.5. The molecule has 1 saturated heterocycles. The minimum atomic E-state index is -0.641. The number of benzene rings is 3. The number of hydrogen-bond acceptors (Lipinski definition) is 4. The van der Waals surface area contributed by atoms with E-state index in [4.69, 9.17) is 16.6 Å². The number of halogens is 1. The van der Waals surface area contributed by atoms with Crippen molar-refractivity contribution in [2.45, 2.75) is 19.1 Å². The second kappa shape index (κ2) is 10.8. The highest BCUT2D eigenvalue weighted by molar-refractivity contribution is 6.30. The molecule has 5 nitrogen and oxygen atoms in total. The molecule has 1 aliphatic heterocycles. The Morgan fingerprint density at radius 2 is 1.43 bits per heavy atom. The molecule has 1 fully saturated rings. The van der Waals surface area contributed by atoms with Crippen LogP contribution < -0.4 is 0 Å². The number of piperazine rings is 1. The Bertz CT molecular complexity index is 1180. The van der Waals surface area contributed by atoms with Gasteiger partial charge in [0.1, 0.15) is 11.9 Å². The quantitative estimate of drug-likeness (QED) is 0.363. The third-order valence-corrected chi connectivity index (χ3v) is 7.04. The molecule has 0 aliphatic carbocycles. The lowest BCUT2D eigenvalue weighted by Crippen LogP contribution is -2.48.